The predicted molar refractivity (Wildman–Crippen MR) is 89.7 cm³/mol. The molecule has 2 bridgehead atoms. The van der Waals surface area contributed by atoms with Gasteiger partial charge in [-0.1, -0.05) is 20.8 Å². The van der Waals surface area contributed by atoms with Gasteiger partial charge in [0.2, 0.25) is 5.91 Å². The third-order valence-corrected chi connectivity index (χ3v) is 6.79. The average Bonchev–Trinajstić information content (AvgIpc) is 2.79. The zero-order valence-corrected chi connectivity index (χ0v) is 14.2. The van der Waals surface area contributed by atoms with Crippen molar-refractivity contribution < 1.29 is 20.1 Å². The maximum Gasteiger partial charge on any atom is 0.246 e. The van der Waals surface area contributed by atoms with Crippen molar-refractivity contribution in [3.8, 4) is 11.5 Å². The Balaban J connectivity index is 1.77. The van der Waals surface area contributed by atoms with E-state index in [-0.39, 0.29) is 28.2 Å². The fourth-order valence-electron chi connectivity index (χ4n) is 4.54. The molecule has 0 spiro atoms. The molecule has 24 heavy (non-hydrogen) atoms. The molecule has 2 saturated carbocycles. The molecule has 1 aromatic rings. The number of carbonyl (C=O) groups excluding carboxylic acids is 1. The quantitative estimate of drug-likeness (QED) is 0.503. The average molecular weight is 332 g/mol. The molecule has 1 aromatic carbocycles. The molecule has 2 aliphatic carbocycles. The minimum atomic E-state index is -0.629. The highest BCUT2D eigenvalue weighted by atomic mass is 16.3. The summed E-state index contributed by atoms with van der Waals surface area (Å²) in [5.41, 5.74) is 1.76. The van der Waals surface area contributed by atoms with Crippen molar-refractivity contribution in [1.29, 1.82) is 0 Å². The van der Waals surface area contributed by atoms with E-state index in [1.165, 1.54) is 24.4 Å². The van der Waals surface area contributed by atoms with E-state index in [1.54, 1.807) is 0 Å². The number of carbonyl (C=O) groups is 1. The largest absolute Gasteiger partial charge is 0.508 e. The van der Waals surface area contributed by atoms with Gasteiger partial charge in [-0.15, -0.1) is 0 Å². The van der Waals surface area contributed by atoms with Crippen molar-refractivity contribution in [2.75, 3.05) is 0 Å². The zero-order chi connectivity index (χ0) is 17.8. The van der Waals surface area contributed by atoms with E-state index in [0.29, 0.717) is 12.0 Å². The van der Waals surface area contributed by atoms with Crippen LogP contribution in [0.1, 0.15) is 45.6 Å². The van der Waals surface area contributed by atoms with Crippen LogP contribution in [0.4, 0.5) is 0 Å². The zero-order valence-electron chi connectivity index (χ0n) is 14.2. The van der Waals surface area contributed by atoms with Gasteiger partial charge >= 0.3 is 0 Å². The van der Waals surface area contributed by atoms with Gasteiger partial charge in [0.15, 0.2) is 0 Å². The van der Waals surface area contributed by atoms with E-state index in [0.717, 1.165) is 12.8 Å². The van der Waals surface area contributed by atoms with E-state index >= 15 is 0 Å². The van der Waals surface area contributed by atoms with Crippen molar-refractivity contribution in [3.63, 3.8) is 0 Å². The maximum atomic E-state index is 12.8. The lowest BCUT2D eigenvalue weighted by molar-refractivity contribution is -0.136. The number of hydrogen-bond donors (Lipinski definition) is 4. The molecule has 3 atom stereocenters. The molecule has 130 valence electrons. The van der Waals surface area contributed by atoms with Crippen molar-refractivity contribution in [2.24, 2.45) is 21.3 Å². The molecule has 4 N–H and O–H groups in total. The van der Waals surface area contributed by atoms with Crippen LogP contribution in [0.5, 0.6) is 11.5 Å². The summed E-state index contributed by atoms with van der Waals surface area (Å²) in [5.74, 6) is -0.349. The highest BCUT2D eigenvalue weighted by Crippen LogP contribution is 2.72. The standard InChI is InChI=1S/C18H24N2O4/c1-16(2)17(3)6-7-18(16,9-14(17)23)15(24)20-19-10-11-4-5-12(21)8-13(11)22/h4-5,8,10,14,21-23H,6-7,9H2,1-3H3,(H,20,24)/b19-10-/t14-,17+,18-/m0/s1. The van der Waals surface area contributed by atoms with Crippen molar-refractivity contribution >= 4 is 12.1 Å². The number of hydrazone groups is 1. The summed E-state index contributed by atoms with van der Waals surface area (Å²) >= 11 is 0. The van der Waals surface area contributed by atoms with E-state index in [9.17, 15) is 20.1 Å². The van der Waals surface area contributed by atoms with Gasteiger partial charge < -0.3 is 15.3 Å². The lowest BCUT2D eigenvalue weighted by Gasteiger charge is -2.39. The van der Waals surface area contributed by atoms with Crippen LogP contribution < -0.4 is 5.43 Å². The number of benzene rings is 1. The van der Waals surface area contributed by atoms with Crippen molar-refractivity contribution in [3.05, 3.63) is 23.8 Å². The number of nitrogens with zero attached hydrogens (tertiary/aromatic N) is 1. The number of aromatic hydroxyl groups is 2. The lowest BCUT2D eigenvalue weighted by atomic mass is 9.64. The SMILES string of the molecule is CC1(C)[C@@]2(C(=O)N/N=C\c3ccc(O)cc3O)CC[C@]1(C)[C@@H](O)C2. The molecular weight excluding hydrogens is 308 g/mol. The Morgan fingerprint density at radius 3 is 2.54 bits per heavy atom. The van der Waals surface area contributed by atoms with Crippen molar-refractivity contribution in [1.82, 2.24) is 5.43 Å². The molecule has 3 rings (SSSR count). The van der Waals surface area contributed by atoms with Crippen LogP contribution in [0.3, 0.4) is 0 Å². The van der Waals surface area contributed by atoms with Crippen LogP contribution in [0, 0.1) is 16.2 Å². The predicted octanol–water partition coefficient (Wildman–Crippen LogP) is 2.13. The number of phenolic OH excluding ortho intramolecular Hbond substituents is 2. The molecular formula is C18H24N2O4. The highest BCUT2D eigenvalue weighted by Gasteiger charge is 2.72. The Labute approximate surface area is 141 Å². The number of aliphatic hydroxyl groups excluding tert-OH is 1. The Kier molecular flexibility index (Phi) is 3.64. The van der Waals surface area contributed by atoms with Gasteiger partial charge in [-0.3, -0.25) is 4.79 Å². The second-order valence-corrected chi connectivity index (χ2v) is 7.79. The highest BCUT2D eigenvalue weighted by molar-refractivity contribution is 5.88. The van der Waals surface area contributed by atoms with E-state index in [4.69, 9.17) is 0 Å². The fourth-order valence-corrected chi connectivity index (χ4v) is 4.54. The van der Waals surface area contributed by atoms with E-state index in [2.05, 4.69) is 17.5 Å². The van der Waals surface area contributed by atoms with Gasteiger partial charge in [0.05, 0.1) is 17.7 Å². The normalized spacial score (nSPS) is 33.9. The van der Waals surface area contributed by atoms with Crippen LogP contribution in [-0.2, 0) is 4.79 Å². The Morgan fingerprint density at radius 2 is 2.00 bits per heavy atom. The van der Waals surface area contributed by atoms with Crippen LogP contribution >= 0.6 is 0 Å². The third-order valence-electron chi connectivity index (χ3n) is 6.79. The maximum absolute atomic E-state index is 12.8. The first-order chi connectivity index (χ1) is 11.1. The number of phenols is 2. The molecule has 0 unspecified atom stereocenters. The van der Waals surface area contributed by atoms with Gasteiger partial charge in [-0.25, -0.2) is 5.43 Å². The Morgan fingerprint density at radius 1 is 1.29 bits per heavy atom. The number of amides is 1. The minimum absolute atomic E-state index is 0.0421. The first-order valence-corrected chi connectivity index (χ1v) is 8.18. The summed E-state index contributed by atoms with van der Waals surface area (Å²) in [4.78, 5) is 12.8. The molecule has 6 heteroatoms. The van der Waals surface area contributed by atoms with Crippen LogP contribution in [0.15, 0.2) is 23.3 Å². The summed E-state index contributed by atoms with van der Waals surface area (Å²) in [6, 6.07) is 4.15. The van der Waals surface area contributed by atoms with Crippen LogP contribution in [0.2, 0.25) is 0 Å². The molecule has 2 fully saturated rings. The second-order valence-electron chi connectivity index (χ2n) is 7.79. The lowest BCUT2D eigenvalue weighted by Crippen LogP contribution is -2.45. The van der Waals surface area contributed by atoms with Crippen LogP contribution in [0.25, 0.3) is 0 Å². The Bertz CT molecular complexity index is 715. The van der Waals surface area contributed by atoms with Crippen LogP contribution in [-0.4, -0.2) is 33.5 Å². The van der Waals surface area contributed by atoms with Crippen molar-refractivity contribution in [2.45, 2.75) is 46.1 Å². The van der Waals surface area contributed by atoms with Gasteiger partial charge in [0, 0.05) is 11.6 Å². The smallest absolute Gasteiger partial charge is 0.246 e. The molecule has 2 aliphatic rings. The first kappa shape index (κ1) is 16.8. The molecule has 0 aromatic heterocycles. The van der Waals surface area contributed by atoms with Gasteiger partial charge in [0.25, 0.3) is 0 Å². The second kappa shape index (κ2) is 5.21. The minimum Gasteiger partial charge on any atom is -0.508 e. The molecule has 0 aliphatic heterocycles. The molecule has 0 saturated heterocycles. The number of nitrogens with one attached hydrogen (secondary N) is 1. The monoisotopic (exact) mass is 332 g/mol. The number of hydrogen-bond acceptors (Lipinski definition) is 5. The Hall–Kier alpha value is -2.08. The van der Waals surface area contributed by atoms with Gasteiger partial charge in [-0.2, -0.15) is 5.10 Å². The number of aliphatic hydroxyl groups is 1. The first-order valence-electron chi connectivity index (χ1n) is 8.18. The molecule has 0 radical (unpaired) electrons. The topological polar surface area (TPSA) is 102 Å². The van der Waals surface area contributed by atoms with Gasteiger partial charge in [-0.05, 0) is 42.2 Å². The molecule has 1 amide bonds. The summed E-state index contributed by atoms with van der Waals surface area (Å²) < 4.78 is 0. The number of rotatable bonds is 3. The van der Waals surface area contributed by atoms with E-state index in [1.807, 2.05) is 13.8 Å². The summed E-state index contributed by atoms with van der Waals surface area (Å²) in [6.45, 7) is 6.15. The summed E-state index contributed by atoms with van der Waals surface area (Å²) in [7, 11) is 0. The summed E-state index contributed by atoms with van der Waals surface area (Å²) in [6.07, 6.45) is 2.85. The third kappa shape index (κ3) is 2.05. The molecule has 0 heterocycles. The fraction of sp³-hybridized carbons (Fsp3) is 0.556. The number of fused-ring (bicyclic) bond motifs is 2. The molecule has 6 nitrogen and oxygen atoms in total. The van der Waals surface area contributed by atoms with Gasteiger partial charge in [0.1, 0.15) is 11.5 Å². The van der Waals surface area contributed by atoms with E-state index < -0.39 is 11.5 Å². The summed E-state index contributed by atoms with van der Waals surface area (Å²) in [5, 5.41) is 33.4.